The maximum Gasteiger partial charge on any atom is -0.412 e. The van der Waals surface area contributed by atoms with Gasteiger partial charge in [0.1, 0.15) is 0 Å². The predicted octanol–water partition coefficient (Wildman–Crippen LogP) is -2.38. The van der Waals surface area contributed by atoms with Gasteiger partial charge in [-0.1, -0.05) is 0 Å². The van der Waals surface area contributed by atoms with Crippen LogP contribution >= 0.6 is 0 Å². The molecule has 0 saturated carbocycles. The molecule has 0 unspecified atom stereocenters. The van der Waals surface area contributed by atoms with Crippen LogP contribution in [0.15, 0.2) is 24.3 Å². The van der Waals surface area contributed by atoms with Crippen molar-refractivity contribution in [3.8, 4) is 0 Å². The third-order valence-corrected chi connectivity index (χ3v) is 2.94. The van der Waals surface area contributed by atoms with Crippen LogP contribution in [0.25, 0.3) is 0 Å². The monoisotopic (exact) mass is 257 g/mol. The van der Waals surface area contributed by atoms with E-state index in [1.807, 2.05) is 0 Å². The van der Waals surface area contributed by atoms with Crippen LogP contribution in [-0.2, 0) is 7.67 Å². The summed E-state index contributed by atoms with van der Waals surface area (Å²) in [6.45, 7) is 0. The summed E-state index contributed by atoms with van der Waals surface area (Å²) in [7, 11) is 0. The SMILES string of the molecule is Nc1cccc([Se](=O)(=O)O)c1.O.O. The molecule has 0 atom stereocenters. The third kappa shape index (κ3) is 3.97. The first kappa shape index (κ1) is 14.5. The van der Waals surface area contributed by atoms with Crippen molar-refractivity contribution in [3.63, 3.8) is 0 Å². The second kappa shape index (κ2) is 4.90. The molecule has 0 amide bonds. The topological polar surface area (TPSA) is 143 Å². The summed E-state index contributed by atoms with van der Waals surface area (Å²) < 4.78 is 29.6. The number of anilines is 1. The molecule has 1 rings (SSSR count). The predicted molar refractivity (Wildman–Crippen MR) is 47.1 cm³/mol. The fourth-order valence-corrected chi connectivity index (χ4v) is 1.80. The van der Waals surface area contributed by atoms with Gasteiger partial charge < -0.3 is 11.0 Å². The van der Waals surface area contributed by atoms with Gasteiger partial charge in [-0.15, -0.1) is 0 Å². The fourth-order valence-electron chi connectivity index (χ4n) is 0.675. The van der Waals surface area contributed by atoms with Crippen molar-refractivity contribution in [2.45, 2.75) is 0 Å². The van der Waals surface area contributed by atoms with Gasteiger partial charge in [0.15, 0.2) is 0 Å². The molecule has 1 aromatic carbocycles. The Morgan fingerprint density at radius 3 is 2.08 bits per heavy atom. The zero-order chi connectivity index (χ0) is 8.48. The molecule has 1 aromatic rings. The van der Waals surface area contributed by atoms with E-state index in [0.717, 1.165) is 0 Å². The zero-order valence-electron chi connectivity index (χ0n) is 6.56. The van der Waals surface area contributed by atoms with Gasteiger partial charge >= 0.3 is 65.0 Å². The van der Waals surface area contributed by atoms with E-state index < -0.39 is 13.0 Å². The van der Waals surface area contributed by atoms with Crippen LogP contribution in [0.2, 0.25) is 0 Å². The van der Waals surface area contributed by atoms with Crippen LogP contribution in [-0.4, -0.2) is 28.2 Å². The van der Waals surface area contributed by atoms with Gasteiger partial charge in [-0.3, -0.25) is 0 Å². The number of nitrogens with two attached hydrogens (primary N) is 1. The Balaban J connectivity index is 0. The van der Waals surface area contributed by atoms with Gasteiger partial charge in [0.25, 0.3) is 0 Å². The average molecular weight is 256 g/mol. The van der Waals surface area contributed by atoms with Crippen LogP contribution in [0.1, 0.15) is 0 Å². The number of rotatable bonds is 1. The van der Waals surface area contributed by atoms with E-state index >= 15 is 0 Å². The van der Waals surface area contributed by atoms with E-state index in [1.165, 1.54) is 18.2 Å². The number of hydrogen-bond donors (Lipinski definition) is 2. The second-order valence-electron chi connectivity index (χ2n) is 2.05. The molecule has 7 heteroatoms. The fraction of sp³-hybridized carbons (Fsp3) is 0. The summed E-state index contributed by atoms with van der Waals surface area (Å²) in [6.07, 6.45) is 0. The molecule has 0 saturated heterocycles. The Labute approximate surface area is 76.6 Å². The molecule has 7 N–H and O–H groups in total. The van der Waals surface area contributed by atoms with Crippen molar-refractivity contribution in [1.82, 2.24) is 0 Å². The number of nitrogen functional groups attached to an aromatic ring is 1. The molecule has 0 aromatic heterocycles. The molecular weight excluding hydrogens is 245 g/mol. The molecule has 6 nitrogen and oxygen atoms in total. The molecule has 0 fully saturated rings. The van der Waals surface area contributed by atoms with Crippen molar-refractivity contribution >= 4 is 23.2 Å². The summed E-state index contributed by atoms with van der Waals surface area (Å²) >= 11 is -4.81. The van der Waals surface area contributed by atoms with E-state index in [0.29, 0.717) is 5.69 Å². The Morgan fingerprint density at radius 1 is 1.23 bits per heavy atom. The Kier molecular flexibility index (Phi) is 5.48. The molecule has 0 aliphatic heterocycles. The van der Waals surface area contributed by atoms with E-state index in [4.69, 9.17) is 9.92 Å². The summed E-state index contributed by atoms with van der Waals surface area (Å²) in [5.74, 6) is 0. The first-order chi connectivity index (χ1) is 5.00. The summed E-state index contributed by atoms with van der Waals surface area (Å²) in [6, 6.07) is 5.55. The summed E-state index contributed by atoms with van der Waals surface area (Å²) in [5, 5.41) is 0. The van der Waals surface area contributed by atoms with Gasteiger partial charge in [-0.25, -0.2) is 0 Å². The van der Waals surface area contributed by atoms with Gasteiger partial charge in [0.05, 0.1) is 0 Å². The second-order valence-corrected chi connectivity index (χ2v) is 5.03. The summed E-state index contributed by atoms with van der Waals surface area (Å²) in [4.78, 5) is 0. The minimum atomic E-state index is -4.81. The molecule has 13 heavy (non-hydrogen) atoms. The van der Waals surface area contributed by atoms with Crippen molar-refractivity contribution in [2.24, 2.45) is 0 Å². The van der Waals surface area contributed by atoms with Gasteiger partial charge in [-0.2, -0.15) is 0 Å². The van der Waals surface area contributed by atoms with Crippen LogP contribution in [0, 0.1) is 0 Å². The quantitative estimate of drug-likeness (QED) is 0.427. The molecule has 0 radical (unpaired) electrons. The Hall–Kier alpha value is -0.981. The van der Waals surface area contributed by atoms with Crippen LogP contribution in [0.3, 0.4) is 0 Å². The van der Waals surface area contributed by atoms with Gasteiger partial charge in [-0.05, 0) is 0 Å². The molecule has 76 valence electrons. The van der Waals surface area contributed by atoms with Crippen molar-refractivity contribution < 1.29 is 22.8 Å². The number of hydrogen-bond acceptors (Lipinski definition) is 3. The Bertz CT molecular complexity index is 361. The summed E-state index contributed by atoms with van der Waals surface area (Å²) in [5.41, 5.74) is 5.62. The van der Waals surface area contributed by atoms with E-state index in [-0.39, 0.29) is 15.4 Å². The third-order valence-electron chi connectivity index (χ3n) is 1.16. The minimum Gasteiger partial charge on any atom is -0.412 e. The normalized spacial score (nSPS) is 9.62. The average Bonchev–Trinajstić information content (AvgIpc) is 1.86. The van der Waals surface area contributed by atoms with Crippen LogP contribution < -0.4 is 10.2 Å². The Morgan fingerprint density at radius 2 is 1.77 bits per heavy atom. The molecular formula is C6H11NO5Se. The van der Waals surface area contributed by atoms with E-state index in [9.17, 15) is 7.67 Å². The molecule has 0 spiro atoms. The molecule has 0 aliphatic rings. The van der Waals surface area contributed by atoms with Crippen LogP contribution in [0.4, 0.5) is 5.69 Å². The first-order valence-corrected chi connectivity index (χ1v) is 5.85. The largest absolute Gasteiger partial charge is 0.412 e. The molecule has 0 heterocycles. The minimum absolute atomic E-state index is 0. The van der Waals surface area contributed by atoms with Crippen LogP contribution in [0.5, 0.6) is 0 Å². The van der Waals surface area contributed by atoms with E-state index in [2.05, 4.69) is 0 Å². The first-order valence-electron chi connectivity index (χ1n) is 2.83. The molecule has 0 bridgehead atoms. The standard InChI is InChI=1S/C6H7NO3Se.2H2O/c7-5-2-1-3-6(4-5)11(8,9)10;;/h1-4H,7H2,(H,8,9,10);2*1H2. The van der Waals surface area contributed by atoms with E-state index in [1.54, 1.807) is 6.07 Å². The molecule has 0 aliphatic carbocycles. The van der Waals surface area contributed by atoms with Crippen molar-refractivity contribution in [1.29, 1.82) is 0 Å². The number of benzene rings is 1. The van der Waals surface area contributed by atoms with Gasteiger partial charge in [0, 0.05) is 0 Å². The van der Waals surface area contributed by atoms with Gasteiger partial charge in [0.2, 0.25) is 0 Å². The maximum absolute atomic E-state index is 10.6. The van der Waals surface area contributed by atoms with Crippen molar-refractivity contribution in [3.05, 3.63) is 24.3 Å². The maximum atomic E-state index is 10.6. The zero-order valence-corrected chi connectivity index (χ0v) is 8.27. The van der Waals surface area contributed by atoms with Crippen molar-refractivity contribution in [2.75, 3.05) is 5.73 Å². The smallest absolute Gasteiger partial charge is 0.412 e.